The van der Waals surface area contributed by atoms with Crippen molar-refractivity contribution in [2.75, 3.05) is 12.4 Å². The first-order chi connectivity index (χ1) is 12.0. The van der Waals surface area contributed by atoms with Gasteiger partial charge in [0.25, 0.3) is 0 Å². The second-order valence-electron chi connectivity index (χ2n) is 6.29. The Hall–Kier alpha value is -1.85. The molecular weight excluding hydrogens is 364 g/mol. The highest BCUT2D eigenvalue weighted by molar-refractivity contribution is 7.80. The Kier molecular flexibility index (Phi) is 10.9. The summed E-state index contributed by atoms with van der Waals surface area (Å²) in [4.78, 5) is 47.1. The Labute approximate surface area is 157 Å². The van der Waals surface area contributed by atoms with Gasteiger partial charge in [0.1, 0.15) is 18.1 Å². The highest BCUT2D eigenvalue weighted by atomic mass is 32.1. The molecule has 0 aromatic heterocycles. The SMILES string of the molecule is CC(C)CC(NC(=O)C(C)NC(=O)C(N)CS)C(=O)NC(CO)C(=O)O. The zero-order valence-electron chi connectivity index (χ0n) is 15.1. The molecule has 0 aromatic rings. The number of carbonyl (C=O) groups excluding carboxylic acids is 3. The molecule has 4 unspecified atom stereocenters. The number of carboxylic acids is 1. The normalized spacial score (nSPS) is 15.5. The first-order valence-corrected chi connectivity index (χ1v) is 8.77. The van der Waals surface area contributed by atoms with Gasteiger partial charge in [0.2, 0.25) is 17.7 Å². The molecule has 10 nitrogen and oxygen atoms in total. The summed E-state index contributed by atoms with van der Waals surface area (Å²) in [7, 11) is 0. The van der Waals surface area contributed by atoms with Gasteiger partial charge < -0.3 is 31.9 Å². The zero-order valence-corrected chi connectivity index (χ0v) is 16.0. The fraction of sp³-hybridized carbons (Fsp3) is 0.733. The largest absolute Gasteiger partial charge is 0.480 e. The smallest absolute Gasteiger partial charge is 0.328 e. The van der Waals surface area contributed by atoms with Gasteiger partial charge in [-0.05, 0) is 19.3 Å². The van der Waals surface area contributed by atoms with Gasteiger partial charge >= 0.3 is 5.97 Å². The maximum absolute atomic E-state index is 12.3. The number of nitrogens with one attached hydrogen (secondary N) is 3. The minimum atomic E-state index is -1.47. The van der Waals surface area contributed by atoms with Crippen LogP contribution in [0, 0.1) is 5.92 Å². The number of aliphatic hydroxyl groups excluding tert-OH is 1. The zero-order chi connectivity index (χ0) is 20.4. The van der Waals surface area contributed by atoms with Crippen LogP contribution in [0.5, 0.6) is 0 Å². The molecule has 11 heteroatoms. The van der Waals surface area contributed by atoms with Crippen LogP contribution in [-0.4, -0.2) is 70.4 Å². The number of aliphatic carboxylic acids is 1. The summed E-state index contributed by atoms with van der Waals surface area (Å²) in [5.74, 6) is -3.18. The molecule has 0 radical (unpaired) electrons. The summed E-state index contributed by atoms with van der Waals surface area (Å²) in [6.45, 7) is 4.29. The molecular formula is C15H28N4O6S. The van der Waals surface area contributed by atoms with Crippen molar-refractivity contribution < 1.29 is 29.4 Å². The van der Waals surface area contributed by atoms with E-state index in [1.54, 1.807) is 0 Å². The highest BCUT2D eigenvalue weighted by Crippen LogP contribution is 2.06. The van der Waals surface area contributed by atoms with Gasteiger partial charge in [0.15, 0.2) is 0 Å². The van der Waals surface area contributed by atoms with Crippen molar-refractivity contribution in [1.82, 2.24) is 16.0 Å². The van der Waals surface area contributed by atoms with Crippen LogP contribution in [0.3, 0.4) is 0 Å². The van der Waals surface area contributed by atoms with Gasteiger partial charge in [0.05, 0.1) is 12.6 Å². The number of hydrogen-bond acceptors (Lipinski definition) is 7. The van der Waals surface area contributed by atoms with Crippen LogP contribution in [0.4, 0.5) is 0 Å². The Bertz CT molecular complexity index is 516. The molecule has 26 heavy (non-hydrogen) atoms. The van der Waals surface area contributed by atoms with E-state index in [0.29, 0.717) is 0 Å². The number of carboxylic acid groups (broad SMARTS) is 1. The molecule has 7 N–H and O–H groups in total. The first-order valence-electron chi connectivity index (χ1n) is 8.14. The van der Waals surface area contributed by atoms with E-state index in [0.717, 1.165) is 0 Å². The van der Waals surface area contributed by atoms with Crippen molar-refractivity contribution in [3.8, 4) is 0 Å². The molecule has 0 aliphatic rings. The van der Waals surface area contributed by atoms with E-state index < -0.39 is 54.5 Å². The van der Waals surface area contributed by atoms with Crippen LogP contribution < -0.4 is 21.7 Å². The standard InChI is InChI=1S/C15H28N4O6S/c1-7(2)4-10(14(23)19-11(5-20)15(24)25)18-12(21)8(3)17-13(22)9(16)6-26/h7-11,20,26H,4-6,16H2,1-3H3,(H,17,22)(H,18,21)(H,19,23)(H,24,25). The van der Waals surface area contributed by atoms with E-state index in [1.165, 1.54) is 6.92 Å². The monoisotopic (exact) mass is 392 g/mol. The third kappa shape index (κ3) is 8.50. The van der Waals surface area contributed by atoms with Crippen molar-refractivity contribution in [2.24, 2.45) is 11.7 Å². The Morgan fingerprint density at radius 3 is 1.92 bits per heavy atom. The average molecular weight is 392 g/mol. The first kappa shape index (κ1) is 24.1. The van der Waals surface area contributed by atoms with E-state index >= 15 is 0 Å². The number of hydrogen-bond donors (Lipinski definition) is 7. The molecule has 0 saturated carbocycles. The summed E-state index contributed by atoms with van der Waals surface area (Å²) in [5, 5.41) is 25.0. The molecule has 4 atom stereocenters. The van der Waals surface area contributed by atoms with Gasteiger partial charge in [-0.2, -0.15) is 12.6 Å². The predicted molar refractivity (Wildman–Crippen MR) is 97.5 cm³/mol. The summed E-state index contributed by atoms with van der Waals surface area (Å²) in [6.07, 6.45) is 0.242. The van der Waals surface area contributed by atoms with Gasteiger partial charge in [-0.3, -0.25) is 14.4 Å². The van der Waals surface area contributed by atoms with E-state index in [4.69, 9.17) is 15.9 Å². The summed E-state index contributed by atoms with van der Waals surface area (Å²) in [5.41, 5.74) is 5.52. The molecule has 0 aliphatic heterocycles. The second-order valence-corrected chi connectivity index (χ2v) is 6.66. The summed E-state index contributed by atoms with van der Waals surface area (Å²) >= 11 is 3.90. The van der Waals surface area contributed by atoms with Crippen LogP contribution in [0.1, 0.15) is 27.2 Å². The number of carbonyl (C=O) groups is 4. The quantitative estimate of drug-likeness (QED) is 0.196. The fourth-order valence-corrected chi connectivity index (χ4v) is 2.09. The lowest BCUT2D eigenvalue weighted by Crippen LogP contribution is -2.57. The van der Waals surface area contributed by atoms with E-state index in [2.05, 4.69) is 28.6 Å². The van der Waals surface area contributed by atoms with Crippen molar-refractivity contribution >= 4 is 36.3 Å². The number of rotatable bonds is 11. The summed E-state index contributed by atoms with van der Waals surface area (Å²) < 4.78 is 0. The maximum atomic E-state index is 12.3. The topological polar surface area (TPSA) is 171 Å². The van der Waals surface area contributed by atoms with Crippen molar-refractivity contribution in [3.05, 3.63) is 0 Å². The third-order valence-electron chi connectivity index (χ3n) is 3.42. The Morgan fingerprint density at radius 1 is 0.962 bits per heavy atom. The van der Waals surface area contributed by atoms with Crippen molar-refractivity contribution in [1.29, 1.82) is 0 Å². The predicted octanol–water partition coefficient (Wildman–Crippen LogP) is -2.16. The lowest BCUT2D eigenvalue weighted by molar-refractivity contribution is -0.143. The average Bonchev–Trinajstić information content (AvgIpc) is 2.56. The molecule has 150 valence electrons. The van der Waals surface area contributed by atoms with Gasteiger partial charge in [-0.1, -0.05) is 13.8 Å². The number of nitrogens with two attached hydrogens (primary N) is 1. The highest BCUT2D eigenvalue weighted by Gasteiger charge is 2.28. The Balaban J connectivity index is 4.98. The van der Waals surface area contributed by atoms with Crippen molar-refractivity contribution in [2.45, 2.75) is 51.4 Å². The molecule has 0 aliphatic carbocycles. The molecule has 0 spiro atoms. The molecule has 0 saturated heterocycles. The lowest BCUT2D eigenvalue weighted by Gasteiger charge is -2.24. The molecule has 0 bridgehead atoms. The van der Waals surface area contributed by atoms with Crippen LogP contribution in [-0.2, 0) is 19.2 Å². The third-order valence-corrected chi connectivity index (χ3v) is 3.82. The number of amides is 3. The number of thiol groups is 1. The molecule has 0 rings (SSSR count). The maximum Gasteiger partial charge on any atom is 0.328 e. The molecule has 0 fully saturated rings. The molecule has 3 amide bonds. The van der Waals surface area contributed by atoms with Crippen LogP contribution in [0.15, 0.2) is 0 Å². The molecule has 0 heterocycles. The lowest BCUT2D eigenvalue weighted by atomic mass is 10.0. The Morgan fingerprint density at radius 2 is 1.50 bits per heavy atom. The van der Waals surface area contributed by atoms with Crippen molar-refractivity contribution in [3.63, 3.8) is 0 Å². The minimum Gasteiger partial charge on any atom is -0.480 e. The summed E-state index contributed by atoms with van der Waals surface area (Å²) in [6, 6.07) is -4.32. The van der Waals surface area contributed by atoms with E-state index in [1.807, 2.05) is 13.8 Å². The van der Waals surface area contributed by atoms with E-state index in [-0.39, 0.29) is 18.1 Å². The minimum absolute atomic E-state index is 0.0194. The van der Waals surface area contributed by atoms with Crippen LogP contribution >= 0.6 is 12.6 Å². The second kappa shape index (κ2) is 11.7. The van der Waals surface area contributed by atoms with Gasteiger partial charge in [-0.25, -0.2) is 4.79 Å². The fourth-order valence-electron chi connectivity index (χ4n) is 1.93. The van der Waals surface area contributed by atoms with Crippen LogP contribution in [0.2, 0.25) is 0 Å². The van der Waals surface area contributed by atoms with Crippen LogP contribution in [0.25, 0.3) is 0 Å². The van der Waals surface area contributed by atoms with Gasteiger partial charge in [-0.15, -0.1) is 0 Å². The van der Waals surface area contributed by atoms with E-state index in [9.17, 15) is 19.2 Å². The molecule has 0 aromatic carbocycles. The van der Waals surface area contributed by atoms with Gasteiger partial charge in [0, 0.05) is 5.75 Å². The number of aliphatic hydroxyl groups is 1.